The van der Waals surface area contributed by atoms with Gasteiger partial charge in [0.2, 0.25) is 5.79 Å². The van der Waals surface area contributed by atoms with Crippen LogP contribution in [0.25, 0.3) is 0 Å². The van der Waals surface area contributed by atoms with Gasteiger partial charge in [0, 0.05) is 24.7 Å². The van der Waals surface area contributed by atoms with Gasteiger partial charge in [0.1, 0.15) is 5.75 Å². The van der Waals surface area contributed by atoms with Crippen molar-refractivity contribution in [2.24, 2.45) is 23.7 Å². The number of carboxylic acid groups (broad SMARTS) is 1. The fourth-order valence-electron chi connectivity index (χ4n) is 6.23. The molecule has 0 aromatic heterocycles. The molecule has 0 radical (unpaired) electrons. The van der Waals surface area contributed by atoms with Gasteiger partial charge in [-0.3, -0.25) is 0 Å². The SMILES string of the molecule is C[C@H]1[C@@H](OCCCOc2cccc(C(=O)O)c2)O[C@@H]2O[C@@]3(C)CCC4[C@H](C)CC[C@@H]1[C@]42OO3. The lowest BCUT2D eigenvalue weighted by molar-refractivity contribution is -0.577. The van der Waals surface area contributed by atoms with Crippen molar-refractivity contribution in [1.82, 2.24) is 0 Å². The van der Waals surface area contributed by atoms with Gasteiger partial charge in [0.15, 0.2) is 18.2 Å². The van der Waals surface area contributed by atoms with Crippen molar-refractivity contribution >= 4 is 5.97 Å². The van der Waals surface area contributed by atoms with Crippen LogP contribution in [0.5, 0.6) is 5.75 Å². The van der Waals surface area contributed by atoms with Crippen molar-refractivity contribution in [3.8, 4) is 5.75 Å². The minimum absolute atomic E-state index is 0.138. The Labute approximate surface area is 194 Å². The standard InChI is InChI=1S/C25H34O8/c1-15-8-9-20-16(2)22(29-13-5-12-28-18-7-4-6-17(14-18)21(26)27)30-23-25(20)19(15)10-11-24(3,31-23)32-33-25/h4,6-7,14-16,19-20,22-23H,5,8-13H2,1-3H3,(H,26,27)/t15-,16-,19?,20+,22+,23-,24-,25-/m1/s1. The third-order valence-electron chi connectivity index (χ3n) is 8.02. The van der Waals surface area contributed by atoms with Crippen LogP contribution in [-0.2, 0) is 24.0 Å². The number of benzene rings is 1. The second-order valence-corrected chi connectivity index (χ2v) is 10.2. The van der Waals surface area contributed by atoms with E-state index in [9.17, 15) is 4.79 Å². The Morgan fingerprint density at radius 2 is 2.00 bits per heavy atom. The molecule has 1 N–H and O–H groups in total. The maximum Gasteiger partial charge on any atom is 0.335 e. The summed E-state index contributed by atoms with van der Waals surface area (Å²) in [5, 5.41) is 9.10. The summed E-state index contributed by atoms with van der Waals surface area (Å²) in [5.41, 5.74) is -0.370. The van der Waals surface area contributed by atoms with E-state index in [2.05, 4.69) is 13.8 Å². The Bertz CT molecular complexity index is 876. The zero-order valence-corrected chi connectivity index (χ0v) is 19.5. The molecule has 2 bridgehead atoms. The first kappa shape index (κ1) is 23.1. The molecule has 6 rings (SSSR count). The summed E-state index contributed by atoms with van der Waals surface area (Å²) in [6.07, 6.45) is 3.75. The predicted molar refractivity (Wildman–Crippen MR) is 116 cm³/mol. The highest BCUT2D eigenvalue weighted by atomic mass is 17.3. The van der Waals surface area contributed by atoms with Crippen LogP contribution in [0, 0.1) is 23.7 Å². The van der Waals surface area contributed by atoms with Crippen molar-refractivity contribution in [3.05, 3.63) is 29.8 Å². The summed E-state index contributed by atoms with van der Waals surface area (Å²) >= 11 is 0. The van der Waals surface area contributed by atoms with Gasteiger partial charge in [-0.1, -0.05) is 19.9 Å². The van der Waals surface area contributed by atoms with E-state index in [1.54, 1.807) is 18.2 Å². The number of ether oxygens (including phenoxy) is 4. The van der Waals surface area contributed by atoms with E-state index in [1.165, 1.54) is 6.07 Å². The first-order valence-corrected chi connectivity index (χ1v) is 12.1. The van der Waals surface area contributed by atoms with Crippen LogP contribution in [0.3, 0.4) is 0 Å². The fourth-order valence-corrected chi connectivity index (χ4v) is 6.23. The highest BCUT2D eigenvalue weighted by Crippen LogP contribution is 2.60. The summed E-state index contributed by atoms with van der Waals surface area (Å²) in [7, 11) is 0. The molecule has 1 spiro atoms. The Morgan fingerprint density at radius 3 is 2.82 bits per heavy atom. The first-order chi connectivity index (χ1) is 15.8. The van der Waals surface area contributed by atoms with Crippen LogP contribution < -0.4 is 4.74 Å². The number of fused-ring (bicyclic) bond motifs is 2. The summed E-state index contributed by atoms with van der Waals surface area (Å²) in [5.74, 6) is 0.0161. The van der Waals surface area contributed by atoms with Crippen molar-refractivity contribution in [1.29, 1.82) is 0 Å². The molecule has 182 valence electrons. The maximum atomic E-state index is 11.1. The zero-order chi connectivity index (χ0) is 23.2. The van der Waals surface area contributed by atoms with Crippen LogP contribution >= 0.6 is 0 Å². The van der Waals surface area contributed by atoms with Crippen molar-refractivity contribution in [3.63, 3.8) is 0 Å². The highest BCUT2D eigenvalue weighted by Gasteiger charge is 2.69. The van der Waals surface area contributed by atoms with Gasteiger partial charge in [-0.05, 0) is 56.2 Å². The molecular formula is C25H34O8. The molecule has 4 heterocycles. The largest absolute Gasteiger partial charge is 0.493 e. The molecule has 5 aliphatic rings. The maximum absolute atomic E-state index is 11.1. The average molecular weight is 463 g/mol. The molecular weight excluding hydrogens is 428 g/mol. The second-order valence-electron chi connectivity index (χ2n) is 10.2. The number of carbonyl (C=O) groups is 1. The number of carboxylic acids is 1. The molecule has 8 atom stereocenters. The van der Waals surface area contributed by atoms with Gasteiger partial charge >= 0.3 is 5.97 Å². The molecule has 8 nitrogen and oxygen atoms in total. The molecule has 4 aliphatic heterocycles. The molecule has 1 aliphatic carbocycles. The van der Waals surface area contributed by atoms with Crippen molar-refractivity contribution < 1.29 is 38.6 Å². The quantitative estimate of drug-likeness (QED) is 0.472. The van der Waals surface area contributed by atoms with Gasteiger partial charge in [-0.25, -0.2) is 14.6 Å². The third-order valence-corrected chi connectivity index (χ3v) is 8.02. The van der Waals surface area contributed by atoms with Crippen molar-refractivity contribution in [2.45, 2.75) is 76.8 Å². The van der Waals surface area contributed by atoms with Gasteiger partial charge in [-0.2, -0.15) is 0 Å². The Balaban J connectivity index is 1.20. The van der Waals surface area contributed by atoms with E-state index in [0.29, 0.717) is 37.2 Å². The molecule has 1 aromatic carbocycles. The lowest BCUT2D eigenvalue weighted by Crippen LogP contribution is -2.70. The number of rotatable bonds is 7. The normalized spacial score (nSPS) is 41.8. The average Bonchev–Trinajstić information content (AvgIpc) is 3.03. The Morgan fingerprint density at radius 1 is 1.15 bits per heavy atom. The van der Waals surface area contributed by atoms with Crippen LogP contribution in [0.1, 0.15) is 63.2 Å². The molecule has 1 saturated carbocycles. The molecule has 33 heavy (non-hydrogen) atoms. The van der Waals surface area contributed by atoms with E-state index < -0.39 is 23.6 Å². The zero-order valence-electron chi connectivity index (χ0n) is 19.5. The molecule has 5 fully saturated rings. The van der Waals surface area contributed by atoms with E-state index in [4.69, 9.17) is 33.8 Å². The number of hydrogen-bond donors (Lipinski definition) is 1. The van der Waals surface area contributed by atoms with Crippen LogP contribution in [0.2, 0.25) is 0 Å². The molecule has 1 aromatic rings. The minimum Gasteiger partial charge on any atom is -0.493 e. The van der Waals surface area contributed by atoms with E-state index in [0.717, 1.165) is 25.7 Å². The van der Waals surface area contributed by atoms with Crippen LogP contribution in [-0.4, -0.2) is 48.3 Å². The van der Waals surface area contributed by atoms with Crippen LogP contribution in [0.4, 0.5) is 0 Å². The van der Waals surface area contributed by atoms with Crippen LogP contribution in [0.15, 0.2) is 24.3 Å². The van der Waals surface area contributed by atoms with Gasteiger partial charge in [0.25, 0.3) is 0 Å². The summed E-state index contributed by atoms with van der Waals surface area (Å²) in [6, 6.07) is 6.49. The highest BCUT2D eigenvalue weighted by molar-refractivity contribution is 5.87. The minimum atomic E-state index is -0.970. The molecule has 8 heteroatoms. The number of hydrogen-bond acceptors (Lipinski definition) is 7. The van der Waals surface area contributed by atoms with E-state index in [-0.39, 0.29) is 23.7 Å². The van der Waals surface area contributed by atoms with Gasteiger partial charge in [0.05, 0.1) is 18.8 Å². The third kappa shape index (κ3) is 4.06. The van der Waals surface area contributed by atoms with E-state index in [1.807, 2.05) is 6.92 Å². The molecule has 4 saturated heterocycles. The smallest absolute Gasteiger partial charge is 0.335 e. The van der Waals surface area contributed by atoms with Crippen molar-refractivity contribution in [2.75, 3.05) is 13.2 Å². The summed E-state index contributed by atoms with van der Waals surface area (Å²) in [6.45, 7) is 7.28. The topological polar surface area (TPSA) is 92.7 Å². The summed E-state index contributed by atoms with van der Waals surface area (Å²) in [4.78, 5) is 23.1. The van der Waals surface area contributed by atoms with Gasteiger partial charge < -0.3 is 24.1 Å². The molecule has 0 amide bonds. The monoisotopic (exact) mass is 462 g/mol. The van der Waals surface area contributed by atoms with E-state index >= 15 is 0 Å². The Hall–Kier alpha value is -1.71. The summed E-state index contributed by atoms with van der Waals surface area (Å²) < 4.78 is 24.6. The second kappa shape index (κ2) is 8.82. The van der Waals surface area contributed by atoms with Gasteiger partial charge in [-0.15, -0.1) is 0 Å². The lowest BCUT2D eigenvalue weighted by Gasteiger charge is -2.60. The fraction of sp³-hybridized carbons (Fsp3) is 0.720. The predicted octanol–water partition coefficient (Wildman–Crippen LogP) is 4.38. The lowest BCUT2D eigenvalue weighted by atomic mass is 9.58. The number of aromatic carboxylic acids is 1. The first-order valence-electron chi connectivity index (χ1n) is 12.1. The Kier molecular flexibility index (Phi) is 6.16. The molecule has 1 unspecified atom stereocenters.